The predicted octanol–water partition coefficient (Wildman–Crippen LogP) is 4.92. The highest BCUT2D eigenvalue weighted by atomic mass is 32.2. The third-order valence-corrected chi connectivity index (χ3v) is 7.08. The Morgan fingerprint density at radius 1 is 1.03 bits per heavy atom. The summed E-state index contributed by atoms with van der Waals surface area (Å²) in [7, 11) is 0. The van der Waals surface area contributed by atoms with Crippen molar-refractivity contribution in [1.29, 1.82) is 0 Å². The van der Waals surface area contributed by atoms with Gasteiger partial charge in [-0.15, -0.1) is 0 Å². The number of rotatable bonds is 8. The molecule has 8 nitrogen and oxygen atoms in total. The van der Waals surface area contributed by atoms with Gasteiger partial charge in [-0.3, -0.25) is 19.3 Å². The van der Waals surface area contributed by atoms with Gasteiger partial charge in [0.1, 0.15) is 24.7 Å². The minimum atomic E-state index is -0.527. The maximum Gasteiger partial charge on any atom is 0.294 e. The number of benzene rings is 3. The Morgan fingerprint density at radius 3 is 2.51 bits per heavy atom. The molecule has 0 aromatic heterocycles. The number of imide groups is 1. The van der Waals surface area contributed by atoms with Gasteiger partial charge in [0.15, 0.2) is 0 Å². The van der Waals surface area contributed by atoms with E-state index >= 15 is 0 Å². The Labute approximate surface area is 229 Å². The molecule has 0 spiro atoms. The van der Waals surface area contributed by atoms with Crippen LogP contribution < -0.4 is 15.0 Å². The van der Waals surface area contributed by atoms with Gasteiger partial charge < -0.3 is 19.7 Å². The fourth-order valence-electron chi connectivity index (χ4n) is 4.15. The zero-order chi connectivity index (χ0) is 27.2. The molecule has 1 N–H and O–H groups in total. The SMILES string of the molecule is O=C(CN1C(=O)S/C(=C/c2cccc(OCc3ccc(F)cc3)c2)C1=O)Nc1ccc(N2CCOCC2)cc1. The summed E-state index contributed by atoms with van der Waals surface area (Å²) >= 11 is 0.787. The van der Waals surface area contributed by atoms with Crippen LogP contribution in [0.2, 0.25) is 0 Å². The average molecular weight is 548 g/mol. The topological polar surface area (TPSA) is 88.2 Å². The minimum Gasteiger partial charge on any atom is -0.489 e. The number of carbonyl (C=O) groups excluding carboxylic acids is 3. The van der Waals surface area contributed by atoms with Crippen LogP contribution in [0.25, 0.3) is 6.08 Å². The molecule has 0 radical (unpaired) electrons. The smallest absolute Gasteiger partial charge is 0.294 e. The molecule has 0 atom stereocenters. The lowest BCUT2D eigenvalue weighted by Gasteiger charge is -2.28. The van der Waals surface area contributed by atoms with Crippen molar-refractivity contribution < 1.29 is 28.2 Å². The summed E-state index contributed by atoms with van der Waals surface area (Å²) in [6, 6.07) is 20.5. The van der Waals surface area contributed by atoms with E-state index in [4.69, 9.17) is 9.47 Å². The second-order valence-corrected chi connectivity index (χ2v) is 9.94. The van der Waals surface area contributed by atoms with Crippen LogP contribution in [0.3, 0.4) is 0 Å². The van der Waals surface area contributed by atoms with Gasteiger partial charge >= 0.3 is 0 Å². The van der Waals surface area contributed by atoms with Gasteiger partial charge in [0.2, 0.25) is 5.91 Å². The number of anilines is 2. The van der Waals surface area contributed by atoms with Gasteiger partial charge in [-0.1, -0.05) is 24.3 Å². The molecule has 2 aliphatic rings. The molecular formula is C29H26FN3O5S. The third-order valence-electron chi connectivity index (χ3n) is 6.18. The van der Waals surface area contributed by atoms with Crippen LogP contribution in [-0.2, 0) is 20.9 Å². The van der Waals surface area contributed by atoms with Crippen molar-refractivity contribution >= 4 is 46.3 Å². The first-order valence-corrected chi connectivity index (χ1v) is 13.2. The fourth-order valence-corrected chi connectivity index (χ4v) is 4.99. The van der Waals surface area contributed by atoms with E-state index in [9.17, 15) is 18.8 Å². The van der Waals surface area contributed by atoms with E-state index in [1.165, 1.54) is 12.1 Å². The van der Waals surface area contributed by atoms with E-state index in [0.717, 1.165) is 41.0 Å². The second-order valence-electron chi connectivity index (χ2n) is 8.95. The van der Waals surface area contributed by atoms with Gasteiger partial charge in [-0.2, -0.15) is 0 Å². The highest BCUT2D eigenvalue weighted by Gasteiger charge is 2.36. The van der Waals surface area contributed by atoms with Crippen molar-refractivity contribution in [2.75, 3.05) is 43.1 Å². The molecular weight excluding hydrogens is 521 g/mol. The number of amides is 3. The highest BCUT2D eigenvalue weighted by molar-refractivity contribution is 8.18. The molecule has 200 valence electrons. The number of hydrogen-bond donors (Lipinski definition) is 1. The molecule has 3 aromatic rings. The van der Waals surface area contributed by atoms with Crippen molar-refractivity contribution in [2.24, 2.45) is 0 Å². The van der Waals surface area contributed by atoms with Crippen LogP contribution in [0.4, 0.5) is 20.6 Å². The van der Waals surface area contributed by atoms with Crippen LogP contribution in [0, 0.1) is 5.82 Å². The number of carbonyl (C=O) groups is 3. The van der Waals surface area contributed by atoms with Gasteiger partial charge in [-0.05, 0) is 77.5 Å². The lowest BCUT2D eigenvalue weighted by molar-refractivity contribution is -0.127. The van der Waals surface area contributed by atoms with Gasteiger partial charge in [0.05, 0.1) is 18.1 Å². The summed E-state index contributed by atoms with van der Waals surface area (Å²) in [5.41, 5.74) is 3.10. The molecule has 2 heterocycles. The number of thioether (sulfide) groups is 1. The molecule has 0 aliphatic carbocycles. The van der Waals surface area contributed by atoms with Crippen LogP contribution in [0.15, 0.2) is 77.7 Å². The Hall–Kier alpha value is -4.15. The number of morpholine rings is 1. The summed E-state index contributed by atoms with van der Waals surface area (Å²) in [6.45, 7) is 2.86. The van der Waals surface area contributed by atoms with E-state index in [2.05, 4.69) is 10.2 Å². The zero-order valence-electron chi connectivity index (χ0n) is 21.0. The van der Waals surface area contributed by atoms with Crippen molar-refractivity contribution in [3.8, 4) is 5.75 Å². The van der Waals surface area contributed by atoms with Gasteiger partial charge in [-0.25, -0.2) is 4.39 Å². The second kappa shape index (κ2) is 12.1. The summed E-state index contributed by atoms with van der Waals surface area (Å²) in [4.78, 5) is 41.4. The van der Waals surface area contributed by atoms with E-state index in [-0.39, 0.29) is 23.9 Å². The standard InChI is InChI=1S/C29H26FN3O5S/c30-22-6-4-20(5-7-22)19-38-25-3-1-2-21(16-25)17-26-28(35)33(29(36)39-26)18-27(34)31-23-8-10-24(11-9-23)32-12-14-37-15-13-32/h1-11,16-17H,12-15,18-19H2,(H,31,34)/b26-17+. The summed E-state index contributed by atoms with van der Waals surface area (Å²) < 4.78 is 24.2. The van der Waals surface area contributed by atoms with Crippen LogP contribution in [0.1, 0.15) is 11.1 Å². The van der Waals surface area contributed by atoms with Crippen LogP contribution in [-0.4, -0.2) is 54.8 Å². The predicted molar refractivity (Wildman–Crippen MR) is 148 cm³/mol. The molecule has 39 heavy (non-hydrogen) atoms. The molecule has 0 bridgehead atoms. The van der Waals surface area contributed by atoms with E-state index in [1.54, 1.807) is 54.6 Å². The van der Waals surface area contributed by atoms with E-state index in [0.29, 0.717) is 30.2 Å². The van der Waals surface area contributed by atoms with Crippen molar-refractivity contribution in [3.63, 3.8) is 0 Å². The Bertz CT molecular complexity index is 1390. The minimum absolute atomic E-state index is 0.221. The van der Waals surface area contributed by atoms with Gasteiger partial charge in [0, 0.05) is 24.5 Å². The molecule has 3 amide bonds. The van der Waals surface area contributed by atoms with Crippen molar-refractivity contribution in [2.45, 2.75) is 6.61 Å². The number of ether oxygens (including phenoxy) is 2. The van der Waals surface area contributed by atoms with Crippen molar-refractivity contribution in [3.05, 3.63) is 94.6 Å². The molecule has 5 rings (SSSR count). The third kappa shape index (κ3) is 6.84. The largest absolute Gasteiger partial charge is 0.489 e. The molecule has 2 aliphatic heterocycles. The number of nitrogens with zero attached hydrogens (tertiary/aromatic N) is 2. The average Bonchev–Trinajstić information content (AvgIpc) is 3.21. The van der Waals surface area contributed by atoms with Crippen LogP contribution in [0.5, 0.6) is 5.75 Å². The quantitative estimate of drug-likeness (QED) is 0.401. The van der Waals surface area contributed by atoms with E-state index < -0.39 is 17.1 Å². The normalized spacial score (nSPS) is 16.6. The summed E-state index contributed by atoms with van der Waals surface area (Å²) in [5.74, 6) is -0.744. The molecule has 3 aromatic carbocycles. The lowest BCUT2D eigenvalue weighted by Crippen LogP contribution is -2.36. The zero-order valence-corrected chi connectivity index (χ0v) is 21.8. The Morgan fingerprint density at radius 2 is 1.77 bits per heavy atom. The summed E-state index contributed by atoms with van der Waals surface area (Å²) in [5, 5.41) is 2.24. The molecule has 0 saturated carbocycles. The maximum atomic E-state index is 13.1. The number of halogens is 1. The summed E-state index contributed by atoms with van der Waals surface area (Å²) in [6.07, 6.45) is 1.60. The first-order chi connectivity index (χ1) is 18.9. The molecule has 0 unspecified atom stereocenters. The lowest BCUT2D eigenvalue weighted by atomic mass is 10.2. The number of hydrogen-bond acceptors (Lipinski definition) is 7. The van der Waals surface area contributed by atoms with Gasteiger partial charge in [0.25, 0.3) is 11.1 Å². The maximum absolute atomic E-state index is 13.1. The Balaban J connectivity index is 1.17. The number of nitrogens with one attached hydrogen (secondary N) is 1. The molecule has 10 heteroatoms. The highest BCUT2D eigenvalue weighted by Crippen LogP contribution is 2.32. The van der Waals surface area contributed by atoms with E-state index in [1.807, 2.05) is 12.1 Å². The monoisotopic (exact) mass is 547 g/mol. The first-order valence-electron chi connectivity index (χ1n) is 12.4. The molecule has 2 fully saturated rings. The molecule has 2 saturated heterocycles. The Kier molecular flexibility index (Phi) is 8.24. The fraction of sp³-hybridized carbons (Fsp3) is 0.207. The van der Waals surface area contributed by atoms with Crippen molar-refractivity contribution in [1.82, 2.24) is 4.90 Å². The van der Waals surface area contributed by atoms with Crippen LogP contribution >= 0.6 is 11.8 Å². The first kappa shape index (κ1) is 26.5.